The molecule has 0 aliphatic rings. The second kappa shape index (κ2) is 3.31. The predicted octanol–water partition coefficient (Wildman–Crippen LogP) is 2.47. The molecule has 80 valence electrons. The summed E-state index contributed by atoms with van der Waals surface area (Å²) in [5.74, 6) is 0. The van der Waals surface area contributed by atoms with E-state index in [-0.39, 0.29) is 5.19 Å². The van der Waals surface area contributed by atoms with Crippen molar-refractivity contribution in [2.45, 2.75) is 6.92 Å². The minimum Gasteiger partial charge on any atom is -0.486 e. The van der Waals surface area contributed by atoms with E-state index in [1.54, 1.807) is 0 Å². The van der Waals surface area contributed by atoms with Crippen molar-refractivity contribution in [1.29, 1.82) is 0 Å². The summed E-state index contributed by atoms with van der Waals surface area (Å²) >= 11 is 1.25. The fourth-order valence-electron chi connectivity index (χ4n) is 1.66. The van der Waals surface area contributed by atoms with E-state index in [0.717, 1.165) is 21.9 Å². The average molecular weight is 231 g/mol. The van der Waals surface area contributed by atoms with E-state index in [1.165, 1.54) is 11.3 Å². The van der Waals surface area contributed by atoms with Gasteiger partial charge < -0.3 is 9.51 Å². The van der Waals surface area contributed by atoms with Gasteiger partial charge in [-0.3, -0.25) is 0 Å². The van der Waals surface area contributed by atoms with Crippen molar-refractivity contribution in [2.75, 3.05) is 0 Å². The van der Waals surface area contributed by atoms with Crippen LogP contribution in [-0.4, -0.2) is 19.5 Å². The van der Waals surface area contributed by atoms with E-state index in [9.17, 15) is 5.11 Å². The fourth-order valence-corrected chi connectivity index (χ4v) is 2.43. The summed E-state index contributed by atoms with van der Waals surface area (Å²) < 4.78 is 1.95. The second-order valence-electron chi connectivity index (χ2n) is 3.50. The number of hydrogen-bond donors (Lipinski definition) is 1. The largest absolute Gasteiger partial charge is 0.486 e. The Morgan fingerprint density at radius 2 is 2.19 bits per heavy atom. The number of aromatic hydroxyl groups is 1. The third-order valence-electron chi connectivity index (χ3n) is 2.38. The summed E-state index contributed by atoms with van der Waals surface area (Å²) in [4.78, 5) is 9.38. The summed E-state index contributed by atoms with van der Waals surface area (Å²) in [5, 5.41) is 9.43. The predicted molar refractivity (Wildman–Crippen MR) is 62.7 cm³/mol. The van der Waals surface area contributed by atoms with Crippen LogP contribution in [0, 0.1) is 6.92 Å². The van der Waals surface area contributed by atoms with E-state index >= 15 is 0 Å². The molecule has 3 heterocycles. The van der Waals surface area contributed by atoms with Crippen LogP contribution in [0.4, 0.5) is 0 Å². The van der Waals surface area contributed by atoms with E-state index in [4.69, 9.17) is 0 Å². The van der Waals surface area contributed by atoms with Crippen LogP contribution >= 0.6 is 11.3 Å². The average Bonchev–Trinajstić information content (AvgIpc) is 2.81. The first kappa shape index (κ1) is 9.35. The van der Waals surface area contributed by atoms with Gasteiger partial charge in [0.05, 0.1) is 10.6 Å². The maximum absolute atomic E-state index is 9.34. The third-order valence-corrected chi connectivity index (χ3v) is 3.36. The normalized spacial score (nSPS) is 11.1. The lowest BCUT2D eigenvalue weighted by molar-refractivity contribution is 0.470. The first-order chi connectivity index (χ1) is 7.74. The number of thiazole rings is 1. The molecule has 3 aromatic rings. The highest BCUT2D eigenvalue weighted by atomic mass is 32.1. The first-order valence-electron chi connectivity index (χ1n) is 4.84. The molecular formula is C11H9N3OS. The van der Waals surface area contributed by atoms with Crippen LogP contribution in [0.25, 0.3) is 16.2 Å². The highest BCUT2D eigenvalue weighted by Gasteiger charge is 2.12. The number of hydrogen-bond acceptors (Lipinski definition) is 4. The van der Waals surface area contributed by atoms with Gasteiger partial charge in [-0.25, -0.2) is 9.97 Å². The molecule has 0 spiro atoms. The Hall–Kier alpha value is -1.88. The van der Waals surface area contributed by atoms with Gasteiger partial charge in [-0.1, -0.05) is 17.4 Å². The van der Waals surface area contributed by atoms with E-state index in [2.05, 4.69) is 9.97 Å². The van der Waals surface area contributed by atoms with Crippen molar-refractivity contribution in [2.24, 2.45) is 0 Å². The lowest BCUT2D eigenvalue weighted by Gasteiger charge is -1.88. The van der Waals surface area contributed by atoms with Gasteiger partial charge in [0.1, 0.15) is 11.3 Å². The molecule has 0 amide bonds. The highest BCUT2D eigenvalue weighted by molar-refractivity contribution is 7.16. The topological polar surface area (TPSA) is 50.4 Å². The summed E-state index contributed by atoms with van der Waals surface area (Å²) in [7, 11) is 0. The lowest BCUT2D eigenvalue weighted by Crippen LogP contribution is -1.77. The van der Waals surface area contributed by atoms with Gasteiger partial charge in [-0.15, -0.1) is 0 Å². The van der Waals surface area contributed by atoms with Crippen LogP contribution in [0.5, 0.6) is 5.19 Å². The molecule has 0 atom stereocenters. The van der Waals surface area contributed by atoms with Gasteiger partial charge in [0.25, 0.3) is 5.19 Å². The first-order valence-corrected chi connectivity index (χ1v) is 5.66. The Morgan fingerprint density at radius 1 is 1.31 bits per heavy atom. The monoisotopic (exact) mass is 231 g/mol. The lowest BCUT2D eigenvalue weighted by atomic mass is 10.3. The van der Waals surface area contributed by atoms with Crippen LogP contribution in [0.15, 0.2) is 30.6 Å². The van der Waals surface area contributed by atoms with Gasteiger partial charge in [-0.2, -0.15) is 0 Å². The highest BCUT2D eigenvalue weighted by Crippen LogP contribution is 2.32. The van der Waals surface area contributed by atoms with Gasteiger partial charge in [0.15, 0.2) is 0 Å². The van der Waals surface area contributed by atoms with Crippen LogP contribution in [0.3, 0.4) is 0 Å². The number of pyridine rings is 1. The molecule has 5 heteroatoms. The Kier molecular flexibility index (Phi) is 1.94. The molecule has 16 heavy (non-hydrogen) atoms. The summed E-state index contributed by atoms with van der Waals surface area (Å²) in [6, 6.07) is 5.85. The smallest absolute Gasteiger partial charge is 0.271 e. The molecule has 0 aromatic carbocycles. The van der Waals surface area contributed by atoms with Crippen molar-refractivity contribution >= 4 is 17.0 Å². The van der Waals surface area contributed by atoms with Crippen molar-refractivity contribution in [3.05, 3.63) is 36.3 Å². The Bertz CT molecular complexity index is 623. The van der Waals surface area contributed by atoms with Gasteiger partial charge in [0, 0.05) is 12.4 Å². The van der Waals surface area contributed by atoms with Gasteiger partial charge in [0.2, 0.25) is 0 Å². The third kappa shape index (κ3) is 1.37. The molecule has 3 rings (SSSR count). The van der Waals surface area contributed by atoms with Crippen LogP contribution in [0.2, 0.25) is 0 Å². The number of aromatic nitrogens is 3. The number of nitrogens with zero attached hydrogens (tertiary/aromatic N) is 3. The zero-order valence-electron chi connectivity index (χ0n) is 8.58. The molecule has 0 saturated heterocycles. The SMILES string of the molecule is Cc1nc(O)sc1-c1cn2ccccc2n1. The minimum absolute atomic E-state index is 0.0876. The quantitative estimate of drug-likeness (QED) is 0.700. The van der Waals surface area contributed by atoms with E-state index in [1.807, 2.05) is 41.9 Å². The molecular weight excluding hydrogens is 222 g/mol. The van der Waals surface area contributed by atoms with Gasteiger partial charge >= 0.3 is 0 Å². The molecule has 0 radical (unpaired) electrons. The molecule has 0 unspecified atom stereocenters. The summed E-state index contributed by atoms with van der Waals surface area (Å²) in [5.41, 5.74) is 2.55. The minimum atomic E-state index is 0.0876. The second-order valence-corrected chi connectivity index (χ2v) is 4.48. The van der Waals surface area contributed by atoms with Gasteiger partial charge in [-0.05, 0) is 19.1 Å². The van der Waals surface area contributed by atoms with Crippen molar-refractivity contribution < 1.29 is 5.11 Å². The fraction of sp³-hybridized carbons (Fsp3) is 0.0909. The van der Waals surface area contributed by atoms with Crippen molar-refractivity contribution in [3.63, 3.8) is 0 Å². The van der Waals surface area contributed by atoms with Crippen molar-refractivity contribution in [1.82, 2.24) is 14.4 Å². The van der Waals surface area contributed by atoms with Crippen LogP contribution in [0.1, 0.15) is 5.69 Å². The van der Waals surface area contributed by atoms with Crippen molar-refractivity contribution in [3.8, 4) is 15.8 Å². The van der Waals surface area contributed by atoms with E-state index in [0.29, 0.717) is 0 Å². The summed E-state index contributed by atoms with van der Waals surface area (Å²) in [6.07, 6.45) is 3.89. The Balaban J connectivity index is 2.22. The maximum Gasteiger partial charge on any atom is 0.271 e. The number of rotatable bonds is 1. The molecule has 3 aromatic heterocycles. The molecule has 0 bridgehead atoms. The van der Waals surface area contributed by atoms with E-state index < -0.39 is 0 Å². The molecule has 1 N–H and O–H groups in total. The summed E-state index contributed by atoms with van der Waals surface area (Å²) in [6.45, 7) is 1.87. The number of aryl methyl sites for hydroxylation is 1. The zero-order chi connectivity index (χ0) is 11.1. The Labute approximate surface area is 95.8 Å². The zero-order valence-corrected chi connectivity index (χ0v) is 9.40. The molecule has 0 saturated carbocycles. The maximum atomic E-state index is 9.34. The standard InChI is InChI=1S/C11H9N3OS/c1-7-10(16-11(15)12-7)8-6-14-5-3-2-4-9(14)13-8/h2-6H,1H3,(H,12,15). The molecule has 0 aliphatic heterocycles. The molecule has 4 nitrogen and oxygen atoms in total. The number of fused-ring (bicyclic) bond motifs is 1. The number of imidazole rings is 1. The van der Waals surface area contributed by atoms with Crippen LogP contribution in [-0.2, 0) is 0 Å². The molecule has 0 fully saturated rings. The molecule has 0 aliphatic carbocycles. The Morgan fingerprint density at radius 3 is 2.88 bits per heavy atom. The van der Waals surface area contributed by atoms with Crippen LogP contribution < -0.4 is 0 Å².